The normalized spacial score (nSPS) is 12.9. The number of hydrogen-bond donors (Lipinski definition) is 1. The van der Waals surface area contributed by atoms with Crippen LogP contribution >= 0.6 is 0 Å². The van der Waals surface area contributed by atoms with Crippen LogP contribution in [0.3, 0.4) is 0 Å². The molecule has 28 heavy (non-hydrogen) atoms. The molecule has 0 radical (unpaired) electrons. The standard InChI is InChI=1S/C20H21N3O5/c1-2-22(16-6-4-3-5-7-16)19(24)13-28-20(25)14-8-11-17(21-15-9-10-15)18(12-14)23(26)27/h3-8,11-12,15,21H,2,9-10,13H2,1H3. The lowest BCUT2D eigenvalue weighted by atomic mass is 10.1. The number of carbonyl (C=O) groups is 2. The van der Waals surface area contributed by atoms with E-state index in [1.165, 1.54) is 23.1 Å². The fourth-order valence-corrected chi connectivity index (χ4v) is 2.78. The Labute approximate surface area is 162 Å². The Kier molecular flexibility index (Phi) is 5.88. The van der Waals surface area contributed by atoms with E-state index in [0.29, 0.717) is 17.9 Å². The smallest absolute Gasteiger partial charge is 0.338 e. The molecule has 1 amide bonds. The molecule has 0 heterocycles. The number of hydrogen-bond acceptors (Lipinski definition) is 6. The van der Waals surface area contributed by atoms with E-state index in [4.69, 9.17) is 4.74 Å². The van der Waals surface area contributed by atoms with Crippen molar-refractivity contribution in [3.63, 3.8) is 0 Å². The van der Waals surface area contributed by atoms with E-state index in [1.807, 2.05) is 25.1 Å². The highest BCUT2D eigenvalue weighted by Gasteiger charge is 2.26. The quantitative estimate of drug-likeness (QED) is 0.426. The van der Waals surface area contributed by atoms with Gasteiger partial charge in [-0.3, -0.25) is 14.9 Å². The second-order valence-corrected chi connectivity index (χ2v) is 6.46. The average molecular weight is 383 g/mol. The van der Waals surface area contributed by atoms with Gasteiger partial charge in [0, 0.05) is 24.3 Å². The van der Waals surface area contributed by atoms with Crippen molar-refractivity contribution in [2.45, 2.75) is 25.8 Å². The van der Waals surface area contributed by atoms with Crippen molar-refractivity contribution >= 4 is 28.9 Å². The zero-order valence-corrected chi connectivity index (χ0v) is 15.5. The number of benzene rings is 2. The van der Waals surface area contributed by atoms with Gasteiger partial charge < -0.3 is 15.0 Å². The lowest BCUT2D eigenvalue weighted by Gasteiger charge is -2.20. The molecule has 1 aliphatic carbocycles. The number of likely N-dealkylation sites (N-methyl/N-ethyl adjacent to an activating group) is 1. The summed E-state index contributed by atoms with van der Waals surface area (Å²) in [6, 6.07) is 13.4. The molecule has 0 bridgehead atoms. The number of ether oxygens (including phenoxy) is 1. The van der Waals surface area contributed by atoms with Gasteiger partial charge in [-0.1, -0.05) is 18.2 Å². The molecule has 0 spiro atoms. The van der Waals surface area contributed by atoms with Crippen LogP contribution in [0.4, 0.5) is 17.1 Å². The minimum absolute atomic E-state index is 0.0311. The lowest BCUT2D eigenvalue weighted by molar-refractivity contribution is -0.384. The summed E-state index contributed by atoms with van der Waals surface area (Å²) in [5.41, 5.74) is 0.925. The number of carbonyl (C=O) groups excluding carboxylic acids is 2. The molecular weight excluding hydrogens is 362 g/mol. The molecule has 0 aliphatic heterocycles. The highest BCUT2D eigenvalue weighted by atomic mass is 16.6. The van der Waals surface area contributed by atoms with Gasteiger partial charge in [-0.25, -0.2) is 4.79 Å². The van der Waals surface area contributed by atoms with Crippen molar-refractivity contribution < 1.29 is 19.2 Å². The number of nitrogens with one attached hydrogen (secondary N) is 1. The Bertz CT molecular complexity index is 881. The highest BCUT2D eigenvalue weighted by molar-refractivity contribution is 5.97. The topological polar surface area (TPSA) is 102 Å². The van der Waals surface area contributed by atoms with E-state index in [-0.39, 0.29) is 23.2 Å². The van der Waals surface area contributed by atoms with Crippen LogP contribution in [0.15, 0.2) is 48.5 Å². The number of nitrogens with zero attached hydrogens (tertiary/aromatic N) is 2. The predicted molar refractivity (Wildman–Crippen MR) is 104 cm³/mol. The van der Waals surface area contributed by atoms with Crippen LogP contribution < -0.4 is 10.2 Å². The van der Waals surface area contributed by atoms with E-state index in [2.05, 4.69) is 5.32 Å². The number of esters is 1. The number of nitro groups is 1. The van der Waals surface area contributed by atoms with Crippen molar-refractivity contribution in [2.24, 2.45) is 0 Å². The van der Waals surface area contributed by atoms with Crippen LogP contribution in [0, 0.1) is 10.1 Å². The summed E-state index contributed by atoms with van der Waals surface area (Å²) >= 11 is 0. The second-order valence-electron chi connectivity index (χ2n) is 6.46. The summed E-state index contributed by atoms with van der Waals surface area (Å²) in [6.45, 7) is 1.80. The third kappa shape index (κ3) is 4.64. The van der Waals surface area contributed by atoms with Crippen LogP contribution in [0.1, 0.15) is 30.1 Å². The van der Waals surface area contributed by atoms with Crippen LogP contribution in [0.5, 0.6) is 0 Å². The van der Waals surface area contributed by atoms with Crippen molar-refractivity contribution in [3.05, 3.63) is 64.2 Å². The first-order valence-electron chi connectivity index (χ1n) is 9.07. The van der Waals surface area contributed by atoms with E-state index >= 15 is 0 Å². The fraction of sp³-hybridized carbons (Fsp3) is 0.300. The first-order valence-corrected chi connectivity index (χ1v) is 9.07. The van der Waals surface area contributed by atoms with Crippen molar-refractivity contribution in [2.75, 3.05) is 23.4 Å². The maximum absolute atomic E-state index is 12.4. The Balaban J connectivity index is 1.66. The summed E-state index contributed by atoms with van der Waals surface area (Å²) in [6.07, 6.45) is 1.94. The van der Waals surface area contributed by atoms with Gasteiger partial charge in [-0.2, -0.15) is 0 Å². The molecule has 2 aromatic carbocycles. The molecule has 0 unspecified atom stereocenters. The van der Waals surface area contributed by atoms with Gasteiger partial charge in [-0.05, 0) is 44.0 Å². The molecular formula is C20H21N3O5. The third-order valence-corrected chi connectivity index (χ3v) is 4.38. The van der Waals surface area contributed by atoms with Crippen molar-refractivity contribution in [1.29, 1.82) is 0 Å². The monoisotopic (exact) mass is 383 g/mol. The molecule has 8 nitrogen and oxygen atoms in total. The van der Waals surface area contributed by atoms with Gasteiger partial charge in [-0.15, -0.1) is 0 Å². The van der Waals surface area contributed by atoms with E-state index in [9.17, 15) is 19.7 Å². The third-order valence-electron chi connectivity index (χ3n) is 4.38. The molecule has 1 aliphatic rings. The molecule has 2 aromatic rings. The van der Waals surface area contributed by atoms with Crippen molar-refractivity contribution in [1.82, 2.24) is 0 Å². The maximum atomic E-state index is 12.4. The van der Waals surface area contributed by atoms with Crippen molar-refractivity contribution in [3.8, 4) is 0 Å². The molecule has 1 N–H and O–H groups in total. The van der Waals surface area contributed by atoms with Gasteiger partial charge in [0.05, 0.1) is 10.5 Å². The largest absolute Gasteiger partial charge is 0.452 e. The molecule has 3 rings (SSSR count). The van der Waals surface area contributed by atoms with Gasteiger partial charge in [0.15, 0.2) is 6.61 Å². The second kappa shape index (κ2) is 8.51. The number of amides is 1. The zero-order valence-electron chi connectivity index (χ0n) is 15.5. The summed E-state index contributed by atoms with van der Waals surface area (Å²) < 4.78 is 5.09. The van der Waals surface area contributed by atoms with Crippen LogP contribution in [-0.2, 0) is 9.53 Å². The van der Waals surface area contributed by atoms with Crippen LogP contribution in [-0.4, -0.2) is 36.0 Å². The minimum atomic E-state index is -0.779. The molecule has 146 valence electrons. The average Bonchev–Trinajstić information content (AvgIpc) is 3.51. The predicted octanol–water partition coefficient (Wildman–Crippen LogP) is 3.38. The minimum Gasteiger partial charge on any atom is -0.452 e. The molecule has 0 aromatic heterocycles. The lowest BCUT2D eigenvalue weighted by Crippen LogP contribution is -2.34. The Morgan fingerprint density at radius 2 is 1.93 bits per heavy atom. The maximum Gasteiger partial charge on any atom is 0.338 e. The Morgan fingerprint density at radius 1 is 1.21 bits per heavy atom. The first-order chi connectivity index (χ1) is 13.5. The zero-order chi connectivity index (χ0) is 20.1. The molecule has 0 atom stereocenters. The molecule has 0 saturated heterocycles. The summed E-state index contributed by atoms with van der Waals surface area (Å²) in [4.78, 5) is 36.9. The van der Waals surface area contributed by atoms with E-state index < -0.39 is 17.5 Å². The number of para-hydroxylation sites is 1. The number of nitro benzene ring substituents is 1. The SMILES string of the molecule is CCN(C(=O)COC(=O)c1ccc(NC2CC2)c([N+](=O)[O-])c1)c1ccccc1. The Morgan fingerprint density at radius 3 is 2.54 bits per heavy atom. The van der Waals surface area contributed by atoms with Gasteiger partial charge >= 0.3 is 5.97 Å². The van der Waals surface area contributed by atoms with Crippen LogP contribution in [0.25, 0.3) is 0 Å². The van der Waals surface area contributed by atoms with E-state index in [1.54, 1.807) is 12.1 Å². The number of rotatable bonds is 8. The van der Waals surface area contributed by atoms with Crippen LogP contribution in [0.2, 0.25) is 0 Å². The van der Waals surface area contributed by atoms with E-state index in [0.717, 1.165) is 12.8 Å². The first kappa shape index (κ1) is 19.3. The summed E-state index contributed by atoms with van der Waals surface area (Å²) in [5.74, 6) is -1.15. The highest BCUT2D eigenvalue weighted by Crippen LogP contribution is 2.31. The molecule has 1 saturated carbocycles. The fourth-order valence-electron chi connectivity index (χ4n) is 2.78. The summed E-state index contributed by atoms with van der Waals surface area (Å²) in [7, 11) is 0. The Hall–Kier alpha value is -3.42. The molecule has 8 heteroatoms. The van der Waals surface area contributed by atoms with Gasteiger partial charge in [0.2, 0.25) is 0 Å². The molecule has 1 fully saturated rings. The van der Waals surface area contributed by atoms with Gasteiger partial charge in [0.1, 0.15) is 5.69 Å². The summed E-state index contributed by atoms with van der Waals surface area (Å²) in [5, 5.41) is 14.4. The van der Waals surface area contributed by atoms with Gasteiger partial charge in [0.25, 0.3) is 11.6 Å². The number of anilines is 2.